The zero-order valence-electron chi connectivity index (χ0n) is 6.55. The topological polar surface area (TPSA) is 21.7 Å². The first-order valence-corrected chi connectivity index (χ1v) is 3.54. The Morgan fingerprint density at radius 2 is 2.25 bits per heavy atom. The van der Waals surface area contributed by atoms with E-state index in [1.165, 1.54) is 4.68 Å². The van der Waals surface area contributed by atoms with Gasteiger partial charge in [-0.25, -0.2) is 0 Å². The molecule has 0 atom stereocenters. The van der Waals surface area contributed by atoms with Crippen LogP contribution >= 0.6 is 11.6 Å². The summed E-state index contributed by atoms with van der Waals surface area (Å²) >= 11 is 4.81. The highest BCUT2D eigenvalue weighted by Crippen LogP contribution is 2.16. The average molecular weight is 195 g/mol. The predicted molar refractivity (Wildman–Crippen MR) is 39.4 cm³/mol. The summed E-state index contributed by atoms with van der Waals surface area (Å²) in [5.41, 5.74) is 0.464. The first kappa shape index (κ1) is 9.12. The molecule has 1 aromatic heterocycles. The van der Waals surface area contributed by atoms with Gasteiger partial charge >= 0.3 is 5.95 Å². The molecule has 0 saturated heterocycles. The molecule has 3 nitrogen and oxygen atoms in total. The molecule has 6 heteroatoms. The molecular weight excluding hydrogens is 188 g/mol. The van der Waals surface area contributed by atoms with Crippen LogP contribution in [-0.2, 0) is 7.05 Å². The highest BCUT2D eigenvalue weighted by atomic mass is 35.5. The lowest BCUT2D eigenvalue weighted by molar-refractivity contribution is -0.731. The van der Waals surface area contributed by atoms with E-state index in [0.717, 1.165) is 4.68 Å². The van der Waals surface area contributed by atoms with Crippen LogP contribution < -0.4 is 4.68 Å². The standard InChI is InChI=1S/C6H7ClF2N3/c1-4-3-11(2)10-12(4)6(9)5(7)8/h3H,1-2H3/q+1. The van der Waals surface area contributed by atoms with E-state index in [-0.39, 0.29) is 0 Å². The van der Waals surface area contributed by atoms with E-state index in [0.29, 0.717) is 5.69 Å². The Hall–Kier alpha value is -0.970. The predicted octanol–water partition coefficient (Wildman–Crippen LogP) is 1.28. The molecule has 0 aliphatic carbocycles. The molecule has 1 heterocycles. The Labute approximate surface area is 72.8 Å². The van der Waals surface area contributed by atoms with E-state index in [2.05, 4.69) is 5.21 Å². The molecule has 0 saturated carbocycles. The van der Waals surface area contributed by atoms with Gasteiger partial charge < -0.3 is 0 Å². The Morgan fingerprint density at radius 1 is 1.67 bits per heavy atom. The van der Waals surface area contributed by atoms with Crippen molar-refractivity contribution in [1.82, 2.24) is 9.90 Å². The van der Waals surface area contributed by atoms with Crippen molar-refractivity contribution in [3.63, 3.8) is 0 Å². The van der Waals surface area contributed by atoms with Gasteiger partial charge in [0.05, 0.1) is 5.21 Å². The lowest BCUT2D eigenvalue weighted by Crippen LogP contribution is -2.30. The molecule has 12 heavy (non-hydrogen) atoms. The summed E-state index contributed by atoms with van der Waals surface area (Å²) in [6.45, 7) is 1.59. The Bertz CT molecular complexity index is 328. The highest BCUT2D eigenvalue weighted by molar-refractivity contribution is 6.30. The number of rotatable bonds is 1. The Balaban J connectivity index is 3.20. The van der Waals surface area contributed by atoms with Crippen LogP contribution in [0.15, 0.2) is 11.5 Å². The third-order valence-corrected chi connectivity index (χ3v) is 1.44. The fourth-order valence-electron chi connectivity index (χ4n) is 0.837. The van der Waals surface area contributed by atoms with Gasteiger partial charge in [-0.15, -0.1) is 4.68 Å². The van der Waals surface area contributed by atoms with Gasteiger partial charge in [0.15, 0.2) is 11.9 Å². The minimum atomic E-state index is -1.40. The number of aryl methyl sites for hydroxylation is 2. The van der Waals surface area contributed by atoms with E-state index in [1.54, 1.807) is 20.2 Å². The lowest BCUT2D eigenvalue weighted by atomic mass is 10.5. The minimum absolute atomic E-state index is 0.464. The molecule has 0 N–H and O–H groups in total. The Morgan fingerprint density at radius 3 is 2.58 bits per heavy atom. The second-order valence-electron chi connectivity index (χ2n) is 2.30. The lowest BCUT2D eigenvalue weighted by Gasteiger charge is -1.87. The fraction of sp³-hybridized carbons (Fsp3) is 0.333. The molecule has 0 aliphatic rings. The van der Waals surface area contributed by atoms with Crippen molar-refractivity contribution in [2.45, 2.75) is 6.92 Å². The maximum Gasteiger partial charge on any atom is 0.351 e. The van der Waals surface area contributed by atoms with Crippen LogP contribution in [0.3, 0.4) is 0 Å². The summed E-state index contributed by atoms with van der Waals surface area (Å²) in [5.74, 6) is -1.20. The molecule has 66 valence electrons. The molecule has 0 radical (unpaired) electrons. The SMILES string of the molecule is Cc1c[n+](C)nn1C(F)=C(F)Cl. The van der Waals surface area contributed by atoms with Crippen LogP contribution in [0.1, 0.15) is 5.69 Å². The number of hydrogen-bond donors (Lipinski definition) is 0. The van der Waals surface area contributed by atoms with Crippen LogP contribution in [0.25, 0.3) is 5.95 Å². The highest BCUT2D eigenvalue weighted by Gasteiger charge is 2.18. The van der Waals surface area contributed by atoms with Crippen molar-refractivity contribution in [3.8, 4) is 0 Å². The van der Waals surface area contributed by atoms with Gasteiger partial charge in [-0.05, 0) is 11.6 Å². The van der Waals surface area contributed by atoms with Crippen LogP contribution in [0.5, 0.6) is 0 Å². The number of halogens is 3. The van der Waals surface area contributed by atoms with E-state index in [1.807, 2.05) is 0 Å². The van der Waals surface area contributed by atoms with Gasteiger partial charge in [-0.3, -0.25) is 0 Å². The van der Waals surface area contributed by atoms with Gasteiger partial charge in [-0.2, -0.15) is 8.78 Å². The molecule has 0 spiro atoms. The fourth-order valence-corrected chi connectivity index (χ4v) is 0.917. The van der Waals surface area contributed by atoms with Gasteiger partial charge in [0, 0.05) is 6.92 Å². The van der Waals surface area contributed by atoms with E-state index in [4.69, 9.17) is 11.6 Å². The second kappa shape index (κ2) is 3.18. The zero-order valence-corrected chi connectivity index (χ0v) is 7.31. The molecule has 0 aromatic carbocycles. The molecule has 1 aromatic rings. The second-order valence-corrected chi connectivity index (χ2v) is 2.63. The van der Waals surface area contributed by atoms with Gasteiger partial charge in [-0.1, -0.05) is 4.68 Å². The zero-order chi connectivity index (χ0) is 9.30. The summed E-state index contributed by atoms with van der Waals surface area (Å²) in [6, 6.07) is 0. The minimum Gasteiger partial charge on any atom is -0.186 e. The van der Waals surface area contributed by atoms with Crippen LogP contribution in [0, 0.1) is 6.92 Å². The third-order valence-electron chi connectivity index (χ3n) is 1.28. The van der Waals surface area contributed by atoms with E-state index >= 15 is 0 Å². The first-order chi connectivity index (χ1) is 5.52. The number of nitrogens with zero attached hydrogens (tertiary/aromatic N) is 3. The number of hydrogen-bond acceptors (Lipinski definition) is 1. The van der Waals surface area contributed by atoms with E-state index in [9.17, 15) is 8.78 Å². The molecule has 0 unspecified atom stereocenters. The summed E-state index contributed by atoms with van der Waals surface area (Å²) in [7, 11) is 1.60. The molecule has 0 fully saturated rings. The van der Waals surface area contributed by atoms with Crippen molar-refractivity contribution >= 4 is 17.6 Å². The molecule has 1 rings (SSSR count). The molecule has 0 bridgehead atoms. The quantitative estimate of drug-likeness (QED) is 0.618. The van der Waals surface area contributed by atoms with Crippen LogP contribution in [-0.4, -0.2) is 9.90 Å². The van der Waals surface area contributed by atoms with Crippen LogP contribution in [0.4, 0.5) is 8.78 Å². The summed E-state index contributed by atoms with van der Waals surface area (Å²) in [6.07, 6.45) is 1.54. The first-order valence-electron chi connectivity index (χ1n) is 3.16. The molecule has 0 amide bonds. The van der Waals surface area contributed by atoms with E-state index < -0.39 is 11.2 Å². The summed E-state index contributed by atoms with van der Waals surface area (Å²) in [4.78, 5) is 0. The van der Waals surface area contributed by atoms with Gasteiger partial charge in [0.2, 0.25) is 0 Å². The summed E-state index contributed by atoms with van der Waals surface area (Å²) < 4.78 is 27.1. The van der Waals surface area contributed by atoms with Crippen molar-refractivity contribution in [2.75, 3.05) is 0 Å². The van der Waals surface area contributed by atoms with Crippen molar-refractivity contribution in [1.29, 1.82) is 0 Å². The largest absolute Gasteiger partial charge is 0.351 e. The van der Waals surface area contributed by atoms with Crippen LogP contribution in [0.2, 0.25) is 0 Å². The smallest absolute Gasteiger partial charge is 0.186 e. The van der Waals surface area contributed by atoms with Gasteiger partial charge in [0.25, 0.3) is 5.29 Å². The van der Waals surface area contributed by atoms with Crippen molar-refractivity contribution in [2.24, 2.45) is 7.05 Å². The maximum atomic E-state index is 12.8. The number of aromatic nitrogens is 3. The normalized spacial score (nSPS) is 13.1. The third kappa shape index (κ3) is 1.61. The maximum absolute atomic E-state index is 12.8. The average Bonchev–Trinajstić information content (AvgIpc) is 2.28. The summed E-state index contributed by atoms with van der Waals surface area (Å²) in [5, 5.41) is 2.21. The monoisotopic (exact) mass is 194 g/mol. The molecule has 0 aliphatic heterocycles. The van der Waals surface area contributed by atoms with Crippen molar-refractivity contribution < 1.29 is 13.5 Å². The van der Waals surface area contributed by atoms with Crippen molar-refractivity contribution in [3.05, 3.63) is 17.2 Å². The van der Waals surface area contributed by atoms with Gasteiger partial charge in [0.1, 0.15) is 7.05 Å². The Kier molecular flexibility index (Phi) is 2.42. The molecular formula is C6H7ClF2N3+.